The first kappa shape index (κ1) is 18.7. The van der Waals surface area contributed by atoms with Gasteiger partial charge in [-0.3, -0.25) is 4.99 Å². The van der Waals surface area contributed by atoms with Gasteiger partial charge < -0.3 is 24.7 Å². The van der Waals surface area contributed by atoms with Crippen LogP contribution in [-0.4, -0.2) is 66.3 Å². The van der Waals surface area contributed by atoms with Crippen molar-refractivity contribution in [3.63, 3.8) is 0 Å². The summed E-state index contributed by atoms with van der Waals surface area (Å²) in [6.45, 7) is 7.88. The van der Waals surface area contributed by atoms with E-state index in [4.69, 9.17) is 9.47 Å². The predicted molar refractivity (Wildman–Crippen MR) is 93.0 cm³/mol. The Labute approximate surface area is 144 Å². The Morgan fingerprint density at radius 1 is 1.29 bits per heavy atom. The third-order valence-electron chi connectivity index (χ3n) is 3.76. The Morgan fingerprint density at radius 2 is 2.17 bits per heavy atom. The molecule has 1 fully saturated rings. The zero-order chi connectivity index (χ0) is 16.9. The molecule has 1 saturated heterocycles. The lowest BCUT2D eigenvalue weighted by atomic mass is 10.3. The molecule has 8 heteroatoms. The summed E-state index contributed by atoms with van der Waals surface area (Å²) in [4.78, 5) is 4.58. The number of guanidine groups is 1. The zero-order valence-corrected chi connectivity index (χ0v) is 14.6. The van der Waals surface area contributed by atoms with Crippen LogP contribution in [0.1, 0.15) is 32.6 Å². The summed E-state index contributed by atoms with van der Waals surface area (Å²) in [6, 6.07) is 0. The predicted octanol–water partition coefficient (Wildman–Crippen LogP) is 0.809. The lowest BCUT2D eigenvalue weighted by molar-refractivity contribution is 0.0424. The standard InChI is InChI=1S/C16H30N6O2/c1-2-17-16(18-7-3-4-9-22-13-20-21-14-22)19-8-5-10-24-15-6-11-23-12-15/h13-15H,2-12H2,1H3,(H2,17,18,19). The molecule has 0 aliphatic carbocycles. The molecule has 24 heavy (non-hydrogen) atoms. The monoisotopic (exact) mass is 338 g/mol. The largest absolute Gasteiger partial charge is 0.379 e. The van der Waals surface area contributed by atoms with Crippen molar-refractivity contribution in [3.05, 3.63) is 12.7 Å². The van der Waals surface area contributed by atoms with Crippen molar-refractivity contribution in [2.75, 3.05) is 39.5 Å². The molecule has 1 aliphatic heterocycles. The van der Waals surface area contributed by atoms with Crippen molar-refractivity contribution >= 4 is 5.96 Å². The van der Waals surface area contributed by atoms with Crippen LogP contribution in [0.2, 0.25) is 0 Å². The molecule has 0 bridgehead atoms. The van der Waals surface area contributed by atoms with Gasteiger partial charge in [0.1, 0.15) is 12.7 Å². The highest BCUT2D eigenvalue weighted by molar-refractivity contribution is 5.79. The molecule has 0 spiro atoms. The van der Waals surface area contributed by atoms with Crippen LogP contribution in [0.5, 0.6) is 0 Å². The Morgan fingerprint density at radius 3 is 2.92 bits per heavy atom. The summed E-state index contributed by atoms with van der Waals surface area (Å²) in [5, 5.41) is 14.2. The Hall–Kier alpha value is -1.67. The quantitative estimate of drug-likeness (QED) is 0.353. The van der Waals surface area contributed by atoms with Gasteiger partial charge >= 0.3 is 0 Å². The Bertz CT molecular complexity index is 445. The molecule has 1 aromatic rings. The van der Waals surface area contributed by atoms with Crippen molar-refractivity contribution in [2.24, 2.45) is 4.99 Å². The number of hydrogen-bond donors (Lipinski definition) is 2. The van der Waals surface area contributed by atoms with Gasteiger partial charge in [0.25, 0.3) is 0 Å². The fourth-order valence-electron chi connectivity index (χ4n) is 2.46. The highest BCUT2D eigenvalue weighted by Crippen LogP contribution is 2.08. The van der Waals surface area contributed by atoms with Gasteiger partial charge in [-0.2, -0.15) is 0 Å². The van der Waals surface area contributed by atoms with Gasteiger partial charge in [-0.25, -0.2) is 0 Å². The van der Waals surface area contributed by atoms with E-state index in [0.717, 1.165) is 77.6 Å². The summed E-state index contributed by atoms with van der Waals surface area (Å²) >= 11 is 0. The summed E-state index contributed by atoms with van der Waals surface area (Å²) in [5.74, 6) is 0.881. The minimum Gasteiger partial charge on any atom is -0.379 e. The van der Waals surface area contributed by atoms with E-state index in [0.29, 0.717) is 0 Å². The Balaban J connectivity index is 1.52. The van der Waals surface area contributed by atoms with Crippen molar-refractivity contribution in [3.8, 4) is 0 Å². The highest BCUT2D eigenvalue weighted by atomic mass is 16.5. The van der Waals surface area contributed by atoms with Gasteiger partial charge in [-0.15, -0.1) is 10.2 Å². The van der Waals surface area contributed by atoms with Gasteiger partial charge in [-0.1, -0.05) is 0 Å². The molecule has 0 aromatic carbocycles. The molecule has 2 rings (SSSR count). The maximum atomic E-state index is 5.75. The van der Waals surface area contributed by atoms with Crippen LogP contribution in [0, 0.1) is 0 Å². The lowest BCUT2D eigenvalue weighted by Gasteiger charge is -2.12. The molecule has 2 heterocycles. The molecular formula is C16H30N6O2. The first-order chi connectivity index (χ1) is 11.9. The average Bonchev–Trinajstić information content (AvgIpc) is 3.27. The van der Waals surface area contributed by atoms with Gasteiger partial charge in [0.05, 0.1) is 12.7 Å². The van der Waals surface area contributed by atoms with Crippen LogP contribution in [0.25, 0.3) is 0 Å². The first-order valence-corrected chi connectivity index (χ1v) is 8.92. The number of aromatic nitrogens is 3. The molecule has 1 aliphatic rings. The van der Waals surface area contributed by atoms with Crippen molar-refractivity contribution < 1.29 is 9.47 Å². The molecule has 136 valence electrons. The molecule has 0 radical (unpaired) electrons. The number of hydrogen-bond acceptors (Lipinski definition) is 5. The van der Waals surface area contributed by atoms with E-state index in [1.165, 1.54) is 0 Å². The van der Waals surface area contributed by atoms with Gasteiger partial charge in [0, 0.05) is 39.4 Å². The van der Waals surface area contributed by atoms with Gasteiger partial charge in [-0.05, 0) is 32.6 Å². The zero-order valence-electron chi connectivity index (χ0n) is 14.6. The van der Waals surface area contributed by atoms with Crippen molar-refractivity contribution in [1.29, 1.82) is 0 Å². The van der Waals surface area contributed by atoms with E-state index in [2.05, 4.69) is 32.7 Å². The van der Waals surface area contributed by atoms with Crippen LogP contribution in [0.3, 0.4) is 0 Å². The van der Waals surface area contributed by atoms with Gasteiger partial charge in [0.15, 0.2) is 5.96 Å². The van der Waals surface area contributed by atoms with Crippen LogP contribution >= 0.6 is 0 Å². The minimum absolute atomic E-state index is 0.283. The third-order valence-corrected chi connectivity index (χ3v) is 3.76. The summed E-state index contributed by atoms with van der Waals surface area (Å²) < 4.78 is 13.0. The number of unbranched alkanes of at least 4 members (excludes halogenated alkanes) is 1. The highest BCUT2D eigenvalue weighted by Gasteiger charge is 2.15. The minimum atomic E-state index is 0.283. The lowest BCUT2D eigenvalue weighted by Crippen LogP contribution is -2.38. The summed E-state index contributed by atoms with van der Waals surface area (Å²) in [5.41, 5.74) is 0. The summed E-state index contributed by atoms with van der Waals surface area (Å²) in [7, 11) is 0. The first-order valence-electron chi connectivity index (χ1n) is 8.92. The molecule has 1 atom stereocenters. The van der Waals surface area contributed by atoms with E-state index in [9.17, 15) is 0 Å². The van der Waals surface area contributed by atoms with Crippen molar-refractivity contribution in [2.45, 2.75) is 45.3 Å². The number of nitrogens with zero attached hydrogens (tertiary/aromatic N) is 4. The normalized spacial score (nSPS) is 18.0. The van der Waals surface area contributed by atoms with E-state index in [-0.39, 0.29) is 6.10 Å². The van der Waals surface area contributed by atoms with Crippen molar-refractivity contribution in [1.82, 2.24) is 25.4 Å². The van der Waals surface area contributed by atoms with E-state index >= 15 is 0 Å². The number of nitrogens with one attached hydrogen (secondary N) is 2. The maximum absolute atomic E-state index is 5.75. The third kappa shape index (κ3) is 7.74. The second-order valence-electron chi connectivity index (χ2n) is 5.80. The molecule has 8 nitrogen and oxygen atoms in total. The smallest absolute Gasteiger partial charge is 0.191 e. The fraction of sp³-hybridized carbons (Fsp3) is 0.812. The summed E-state index contributed by atoms with van der Waals surface area (Å²) in [6.07, 6.45) is 7.89. The molecule has 1 unspecified atom stereocenters. The molecule has 0 saturated carbocycles. The van der Waals surface area contributed by atoms with Crippen LogP contribution < -0.4 is 10.6 Å². The number of aliphatic imine (C=N–C) groups is 1. The number of ether oxygens (including phenoxy) is 2. The molecule has 1 aromatic heterocycles. The topological polar surface area (TPSA) is 85.6 Å². The van der Waals surface area contributed by atoms with E-state index < -0.39 is 0 Å². The van der Waals surface area contributed by atoms with Crippen LogP contribution in [0.4, 0.5) is 0 Å². The number of rotatable bonds is 11. The van der Waals surface area contributed by atoms with Gasteiger partial charge in [0.2, 0.25) is 0 Å². The Kier molecular flexibility index (Phi) is 9.18. The second-order valence-corrected chi connectivity index (χ2v) is 5.80. The van der Waals surface area contributed by atoms with E-state index in [1.54, 1.807) is 12.7 Å². The molecular weight excluding hydrogens is 308 g/mol. The number of aryl methyl sites for hydroxylation is 1. The molecule has 0 amide bonds. The van der Waals surface area contributed by atoms with Crippen LogP contribution in [0.15, 0.2) is 17.6 Å². The van der Waals surface area contributed by atoms with E-state index in [1.807, 2.05) is 4.57 Å². The molecule has 2 N–H and O–H groups in total. The maximum Gasteiger partial charge on any atom is 0.191 e. The second kappa shape index (κ2) is 11.8. The fourth-order valence-corrected chi connectivity index (χ4v) is 2.46. The van der Waals surface area contributed by atoms with Crippen LogP contribution in [-0.2, 0) is 16.0 Å². The SMILES string of the molecule is CCNC(=NCCCOC1CCOC1)NCCCCn1cnnc1. The average molecular weight is 338 g/mol.